The number of fused-ring (bicyclic) bond motifs is 1. The summed E-state index contributed by atoms with van der Waals surface area (Å²) in [6.07, 6.45) is 4.79. The molecule has 1 heterocycles. The van der Waals surface area contributed by atoms with Crippen molar-refractivity contribution in [3.8, 4) is 0 Å². The second kappa shape index (κ2) is 6.54. The van der Waals surface area contributed by atoms with Crippen LogP contribution in [0.1, 0.15) is 46.6 Å². The summed E-state index contributed by atoms with van der Waals surface area (Å²) in [5, 5.41) is 13.5. The molecule has 6 heteroatoms. The molecule has 1 aromatic heterocycles. The predicted molar refractivity (Wildman–Crippen MR) is 88.5 cm³/mol. The van der Waals surface area contributed by atoms with Crippen molar-refractivity contribution >= 4 is 23.4 Å². The number of benzene rings is 1. The first-order valence-corrected chi connectivity index (χ1v) is 8.03. The van der Waals surface area contributed by atoms with E-state index in [4.69, 9.17) is 21.7 Å². The highest BCUT2D eigenvalue weighted by atomic mass is 35.5. The zero-order valence-corrected chi connectivity index (χ0v) is 13.7. The Morgan fingerprint density at radius 3 is 2.61 bits per heavy atom. The summed E-state index contributed by atoms with van der Waals surface area (Å²) in [6, 6.07) is 7.06. The van der Waals surface area contributed by atoms with Crippen LogP contribution in [0.15, 0.2) is 24.3 Å². The molecule has 23 heavy (non-hydrogen) atoms. The van der Waals surface area contributed by atoms with Gasteiger partial charge in [0, 0.05) is 16.1 Å². The number of hydrogen-bond acceptors (Lipinski definition) is 4. The minimum Gasteiger partial charge on any atom is -0.464 e. The maximum absolute atomic E-state index is 12.0. The average Bonchev–Trinajstić information content (AvgIpc) is 2.76. The van der Waals surface area contributed by atoms with Crippen molar-refractivity contribution in [3.63, 3.8) is 0 Å². The Labute approximate surface area is 139 Å². The van der Waals surface area contributed by atoms with Gasteiger partial charge in [0.25, 0.3) is 0 Å². The van der Waals surface area contributed by atoms with Crippen LogP contribution in [0.4, 0.5) is 0 Å². The summed E-state index contributed by atoms with van der Waals surface area (Å²) in [4.78, 5) is 12.0. The summed E-state index contributed by atoms with van der Waals surface area (Å²) in [6.45, 7) is 0. The Morgan fingerprint density at radius 2 is 1.91 bits per heavy atom. The second-order valence-electron chi connectivity index (χ2n) is 5.59. The molecule has 0 saturated heterocycles. The first kappa shape index (κ1) is 15.7. The molecule has 5 nitrogen and oxygen atoms in total. The van der Waals surface area contributed by atoms with Crippen LogP contribution in [0.3, 0.4) is 0 Å². The lowest BCUT2D eigenvalue weighted by Gasteiger charge is -2.09. The van der Waals surface area contributed by atoms with Crippen molar-refractivity contribution in [1.82, 2.24) is 9.78 Å². The zero-order valence-electron chi connectivity index (χ0n) is 12.9. The number of rotatable bonds is 2. The molecule has 0 amide bonds. The molecule has 1 aliphatic rings. The third-order valence-corrected chi connectivity index (χ3v) is 4.39. The van der Waals surface area contributed by atoms with E-state index < -0.39 is 5.97 Å². The SMILES string of the molecule is COC(=O)c1nn(C(=N)c2ccc(Cl)cc2)c2c1CCCCC2. The van der Waals surface area contributed by atoms with E-state index in [0.29, 0.717) is 16.3 Å². The van der Waals surface area contributed by atoms with Crippen LogP contribution >= 0.6 is 11.6 Å². The Balaban J connectivity index is 2.08. The molecule has 1 aliphatic carbocycles. The van der Waals surface area contributed by atoms with E-state index in [-0.39, 0.29) is 5.84 Å². The summed E-state index contributed by atoms with van der Waals surface area (Å²) in [5.74, 6) is -0.194. The van der Waals surface area contributed by atoms with Gasteiger partial charge in [0.05, 0.1) is 12.8 Å². The number of nitrogens with zero attached hydrogens (tertiary/aromatic N) is 2. The smallest absolute Gasteiger partial charge is 0.358 e. The van der Waals surface area contributed by atoms with Crippen LogP contribution in [0, 0.1) is 5.41 Å². The van der Waals surface area contributed by atoms with Crippen molar-refractivity contribution in [2.75, 3.05) is 7.11 Å². The van der Waals surface area contributed by atoms with Crippen LogP contribution in [-0.4, -0.2) is 28.7 Å². The molecular weight excluding hydrogens is 314 g/mol. The fourth-order valence-corrected chi connectivity index (χ4v) is 3.08. The fraction of sp³-hybridized carbons (Fsp3) is 0.353. The molecule has 1 N–H and O–H groups in total. The van der Waals surface area contributed by atoms with Gasteiger partial charge in [-0.3, -0.25) is 5.41 Å². The number of nitrogens with one attached hydrogen (secondary N) is 1. The van der Waals surface area contributed by atoms with Crippen LogP contribution in [-0.2, 0) is 17.6 Å². The lowest BCUT2D eigenvalue weighted by Crippen LogP contribution is -2.17. The highest BCUT2D eigenvalue weighted by Gasteiger charge is 2.26. The molecule has 0 radical (unpaired) electrons. The summed E-state index contributed by atoms with van der Waals surface area (Å²) < 4.78 is 6.43. The number of carbonyl (C=O) groups is 1. The zero-order chi connectivity index (χ0) is 16.4. The lowest BCUT2D eigenvalue weighted by atomic mass is 10.1. The minimum absolute atomic E-state index is 0.245. The molecule has 3 rings (SSSR count). The molecule has 0 atom stereocenters. The molecule has 120 valence electrons. The molecule has 0 aliphatic heterocycles. The van der Waals surface area contributed by atoms with Crippen LogP contribution in [0.25, 0.3) is 0 Å². The van der Waals surface area contributed by atoms with Gasteiger partial charge in [-0.25, -0.2) is 9.48 Å². The Kier molecular flexibility index (Phi) is 4.48. The van der Waals surface area contributed by atoms with Crippen molar-refractivity contribution in [3.05, 3.63) is 51.8 Å². The molecule has 0 spiro atoms. The Bertz CT molecular complexity index is 750. The Hall–Kier alpha value is -2.14. The van der Waals surface area contributed by atoms with Crippen molar-refractivity contribution in [2.45, 2.75) is 32.1 Å². The summed E-state index contributed by atoms with van der Waals surface area (Å²) in [7, 11) is 1.36. The van der Waals surface area contributed by atoms with Gasteiger partial charge >= 0.3 is 5.97 Å². The molecule has 0 unspecified atom stereocenters. The van der Waals surface area contributed by atoms with Crippen molar-refractivity contribution in [1.29, 1.82) is 5.41 Å². The van der Waals surface area contributed by atoms with Gasteiger partial charge in [-0.15, -0.1) is 0 Å². The molecule has 2 aromatic rings. The predicted octanol–water partition coefficient (Wildman–Crippen LogP) is 3.47. The first-order chi connectivity index (χ1) is 11.1. The van der Waals surface area contributed by atoms with E-state index in [1.54, 1.807) is 28.9 Å². The van der Waals surface area contributed by atoms with Gasteiger partial charge in [-0.1, -0.05) is 18.0 Å². The van der Waals surface area contributed by atoms with E-state index in [9.17, 15) is 4.79 Å². The van der Waals surface area contributed by atoms with Crippen molar-refractivity contribution in [2.24, 2.45) is 0 Å². The van der Waals surface area contributed by atoms with E-state index in [0.717, 1.165) is 43.4 Å². The maximum atomic E-state index is 12.0. The van der Waals surface area contributed by atoms with Gasteiger partial charge in [-0.2, -0.15) is 5.10 Å². The normalized spacial score (nSPS) is 14.0. The first-order valence-electron chi connectivity index (χ1n) is 7.65. The van der Waals surface area contributed by atoms with Crippen LogP contribution < -0.4 is 0 Å². The van der Waals surface area contributed by atoms with E-state index in [1.165, 1.54) is 7.11 Å². The molecule has 1 aromatic carbocycles. The number of methoxy groups -OCH3 is 1. The third kappa shape index (κ3) is 3.01. The van der Waals surface area contributed by atoms with Crippen LogP contribution in [0.2, 0.25) is 5.02 Å². The van der Waals surface area contributed by atoms with E-state index in [2.05, 4.69) is 5.10 Å². The number of ether oxygens (including phenoxy) is 1. The largest absolute Gasteiger partial charge is 0.464 e. The van der Waals surface area contributed by atoms with Gasteiger partial charge < -0.3 is 4.74 Å². The molecular formula is C17H18ClN3O2. The summed E-state index contributed by atoms with van der Waals surface area (Å²) in [5.41, 5.74) is 2.92. The molecule has 0 bridgehead atoms. The fourth-order valence-electron chi connectivity index (χ4n) is 2.95. The lowest BCUT2D eigenvalue weighted by molar-refractivity contribution is 0.0592. The number of esters is 1. The third-order valence-electron chi connectivity index (χ3n) is 4.14. The van der Waals surface area contributed by atoms with Crippen molar-refractivity contribution < 1.29 is 9.53 Å². The number of hydrogen-bond donors (Lipinski definition) is 1. The van der Waals surface area contributed by atoms with Gasteiger partial charge in [0.2, 0.25) is 0 Å². The number of halogens is 1. The summed E-state index contributed by atoms with van der Waals surface area (Å²) >= 11 is 5.91. The molecule has 0 fully saturated rings. The highest BCUT2D eigenvalue weighted by Crippen LogP contribution is 2.25. The maximum Gasteiger partial charge on any atom is 0.358 e. The standard InChI is InChI=1S/C17H18ClN3O2/c1-23-17(22)15-13-5-3-2-4-6-14(13)21(20-15)16(19)11-7-9-12(18)10-8-11/h7-10,19H,2-6H2,1H3. The van der Waals surface area contributed by atoms with Gasteiger partial charge in [0.15, 0.2) is 11.5 Å². The number of aromatic nitrogens is 2. The monoisotopic (exact) mass is 331 g/mol. The average molecular weight is 332 g/mol. The minimum atomic E-state index is -0.439. The Morgan fingerprint density at radius 1 is 1.22 bits per heavy atom. The highest BCUT2D eigenvalue weighted by molar-refractivity contribution is 6.30. The van der Waals surface area contributed by atoms with Gasteiger partial charge in [-0.05, 0) is 49.9 Å². The quantitative estimate of drug-likeness (QED) is 0.396. The second-order valence-corrected chi connectivity index (χ2v) is 6.03. The molecule has 0 saturated carbocycles. The van der Waals surface area contributed by atoms with Crippen LogP contribution in [0.5, 0.6) is 0 Å². The van der Waals surface area contributed by atoms with Gasteiger partial charge in [0.1, 0.15) is 0 Å². The topological polar surface area (TPSA) is 68.0 Å². The van der Waals surface area contributed by atoms with E-state index in [1.807, 2.05) is 0 Å². The number of carbonyl (C=O) groups excluding carboxylic acids is 1. The van der Waals surface area contributed by atoms with E-state index >= 15 is 0 Å².